The van der Waals surface area contributed by atoms with Crippen LogP contribution in [0.4, 0.5) is 0 Å². The third kappa shape index (κ3) is 4.62. The van der Waals surface area contributed by atoms with E-state index in [0.717, 1.165) is 16.7 Å². The van der Waals surface area contributed by atoms with Crippen LogP contribution in [0, 0.1) is 20.8 Å². The van der Waals surface area contributed by atoms with E-state index in [0.29, 0.717) is 18.6 Å². The van der Waals surface area contributed by atoms with Crippen LogP contribution in [0.15, 0.2) is 12.1 Å². The van der Waals surface area contributed by atoms with Crippen molar-refractivity contribution in [1.29, 1.82) is 0 Å². The topological polar surface area (TPSA) is 58.6 Å². The highest BCUT2D eigenvalue weighted by molar-refractivity contribution is 5.97. The molecular weight excluding hydrogens is 254 g/mol. The van der Waals surface area contributed by atoms with Crippen LogP contribution in [-0.2, 0) is 4.74 Å². The fourth-order valence-corrected chi connectivity index (χ4v) is 2.31. The lowest BCUT2D eigenvalue weighted by molar-refractivity contribution is 0.0243. The summed E-state index contributed by atoms with van der Waals surface area (Å²) in [5.41, 5.74) is 2.79. The molecule has 4 nitrogen and oxygen atoms in total. The highest BCUT2D eigenvalue weighted by Crippen LogP contribution is 2.16. The van der Waals surface area contributed by atoms with Crippen LogP contribution >= 0.6 is 0 Å². The molecule has 1 amide bonds. The van der Waals surface area contributed by atoms with E-state index >= 15 is 0 Å². The normalized spacial score (nSPS) is 13.9. The number of hydrogen-bond donors (Lipinski definition) is 2. The molecule has 4 heteroatoms. The van der Waals surface area contributed by atoms with Crippen LogP contribution in [-0.4, -0.2) is 36.9 Å². The number of hydrogen-bond acceptors (Lipinski definition) is 3. The van der Waals surface area contributed by atoms with Gasteiger partial charge in [-0.05, 0) is 38.8 Å². The van der Waals surface area contributed by atoms with E-state index in [9.17, 15) is 9.90 Å². The summed E-state index contributed by atoms with van der Waals surface area (Å²) in [6, 6.07) is 3.98. The number of amides is 1. The molecule has 1 aromatic rings. The first-order valence-electron chi connectivity index (χ1n) is 6.84. The molecule has 1 aromatic carbocycles. The van der Waals surface area contributed by atoms with E-state index in [-0.39, 0.29) is 12.5 Å². The highest BCUT2D eigenvalue weighted by Gasteiger charge is 2.22. The molecule has 0 fully saturated rings. The van der Waals surface area contributed by atoms with Crippen molar-refractivity contribution in [3.05, 3.63) is 34.4 Å². The predicted octanol–water partition coefficient (Wildman–Crippen LogP) is 2.13. The minimum Gasteiger partial charge on any atom is -0.388 e. The zero-order chi connectivity index (χ0) is 15.3. The first kappa shape index (κ1) is 16.7. The van der Waals surface area contributed by atoms with Gasteiger partial charge in [0.15, 0.2) is 0 Å². The molecule has 0 heterocycles. The third-order valence-electron chi connectivity index (χ3n) is 3.38. The second kappa shape index (κ2) is 6.86. The molecule has 2 N–H and O–H groups in total. The number of nitrogens with one attached hydrogen (secondary N) is 1. The summed E-state index contributed by atoms with van der Waals surface area (Å²) in [7, 11) is 1.59. The van der Waals surface area contributed by atoms with Gasteiger partial charge in [-0.25, -0.2) is 0 Å². The minimum absolute atomic E-state index is 0.141. The molecule has 1 unspecified atom stereocenters. The Bertz CT molecular complexity index is 458. The molecule has 0 aromatic heterocycles. The number of carbonyl (C=O) groups excluding carboxylic acids is 1. The van der Waals surface area contributed by atoms with E-state index in [1.165, 1.54) is 0 Å². The molecule has 0 bridgehead atoms. The summed E-state index contributed by atoms with van der Waals surface area (Å²) in [5.74, 6) is -0.141. The van der Waals surface area contributed by atoms with Crippen LogP contribution in [0.5, 0.6) is 0 Å². The maximum Gasteiger partial charge on any atom is 0.251 e. The number of benzene rings is 1. The lowest BCUT2D eigenvalue weighted by Crippen LogP contribution is -2.41. The van der Waals surface area contributed by atoms with Crippen molar-refractivity contribution in [2.75, 3.05) is 20.3 Å². The average Bonchev–Trinajstić information content (AvgIpc) is 2.33. The van der Waals surface area contributed by atoms with Gasteiger partial charge in [0, 0.05) is 32.2 Å². The van der Waals surface area contributed by atoms with Gasteiger partial charge in [0.2, 0.25) is 0 Å². The molecule has 20 heavy (non-hydrogen) atoms. The molecule has 0 saturated carbocycles. The Labute approximate surface area is 121 Å². The van der Waals surface area contributed by atoms with Gasteiger partial charge in [0.25, 0.3) is 5.91 Å². The molecule has 1 rings (SSSR count). The van der Waals surface area contributed by atoms with Crippen molar-refractivity contribution in [2.45, 2.75) is 39.7 Å². The predicted molar refractivity (Wildman–Crippen MR) is 80.1 cm³/mol. The molecule has 0 radical (unpaired) electrons. The number of methoxy groups -OCH3 is 1. The minimum atomic E-state index is -0.960. The van der Waals surface area contributed by atoms with Crippen molar-refractivity contribution in [2.24, 2.45) is 0 Å². The Morgan fingerprint density at radius 1 is 1.30 bits per heavy atom. The van der Waals surface area contributed by atoms with Gasteiger partial charge in [0.1, 0.15) is 0 Å². The Balaban J connectivity index is 2.73. The maximum absolute atomic E-state index is 12.3. The standard InChI is InChI=1S/C16H25NO3/c1-11-8-12(2)14(13(3)9-11)15(18)17-10-16(4,19)6-7-20-5/h8-9,19H,6-7,10H2,1-5H3,(H,17,18). The molecule has 1 atom stereocenters. The van der Waals surface area contributed by atoms with Gasteiger partial charge >= 0.3 is 0 Å². The summed E-state index contributed by atoms with van der Waals surface area (Å²) in [6.45, 7) is 8.24. The molecule has 0 aliphatic heterocycles. The van der Waals surface area contributed by atoms with Crippen molar-refractivity contribution < 1.29 is 14.6 Å². The first-order chi connectivity index (χ1) is 9.26. The Hall–Kier alpha value is -1.39. The number of carbonyl (C=O) groups is 1. The fourth-order valence-electron chi connectivity index (χ4n) is 2.31. The Morgan fingerprint density at radius 3 is 2.35 bits per heavy atom. The molecule has 0 saturated heterocycles. The molecule has 112 valence electrons. The number of aliphatic hydroxyl groups is 1. The van der Waals surface area contributed by atoms with Gasteiger partial charge in [0.05, 0.1) is 5.60 Å². The second-order valence-corrected chi connectivity index (χ2v) is 5.70. The summed E-state index contributed by atoms with van der Waals surface area (Å²) in [6.07, 6.45) is 0.482. The first-order valence-corrected chi connectivity index (χ1v) is 6.84. The SMILES string of the molecule is COCCC(C)(O)CNC(=O)c1c(C)cc(C)cc1C. The average molecular weight is 279 g/mol. The number of ether oxygens (including phenoxy) is 1. The van der Waals surface area contributed by atoms with Crippen LogP contribution in [0.1, 0.15) is 40.4 Å². The fraction of sp³-hybridized carbons (Fsp3) is 0.562. The van der Waals surface area contributed by atoms with Crippen LogP contribution in [0.3, 0.4) is 0 Å². The van der Waals surface area contributed by atoms with E-state index < -0.39 is 5.60 Å². The zero-order valence-corrected chi connectivity index (χ0v) is 13.0. The van der Waals surface area contributed by atoms with Gasteiger partial charge in [-0.15, -0.1) is 0 Å². The highest BCUT2D eigenvalue weighted by atomic mass is 16.5. The summed E-state index contributed by atoms with van der Waals surface area (Å²) in [4.78, 5) is 12.3. The van der Waals surface area contributed by atoms with Gasteiger partial charge < -0.3 is 15.2 Å². The second-order valence-electron chi connectivity index (χ2n) is 5.70. The molecular formula is C16H25NO3. The summed E-state index contributed by atoms with van der Waals surface area (Å²) < 4.78 is 4.95. The Morgan fingerprint density at radius 2 is 1.85 bits per heavy atom. The van der Waals surface area contributed by atoms with Gasteiger partial charge in [-0.2, -0.15) is 0 Å². The van der Waals surface area contributed by atoms with E-state index in [4.69, 9.17) is 4.74 Å². The van der Waals surface area contributed by atoms with Crippen molar-refractivity contribution in [3.63, 3.8) is 0 Å². The quantitative estimate of drug-likeness (QED) is 0.838. The largest absolute Gasteiger partial charge is 0.388 e. The molecule has 0 spiro atoms. The lowest BCUT2D eigenvalue weighted by Gasteiger charge is -2.23. The smallest absolute Gasteiger partial charge is 0.251 e. The zero-order valence-electron chi connectivity index (χ0n) is 13.0. The number of aryl methyl sites for hydroxylation is 3. The maximum atomic E-state index is 12.3. The van der Waals surface area contributed by atoms with Crippen molar-refractivity contribution in [3.8, 4) is 0 Å². The van der Waals surface area contributed by atoms with E-state index in [1.807, 2.05) is 32.9 Å². The Kier molecular flexibility index (Phi) is 5.72. The monoisotopic (exact) mass is 279 g/mol. The van der Waals surface area contributed by atoms with Gasteiger partial charge in [-0.1, -0.05) is 17.7 Å². The lowest BCUT2D eigenvalue weighted by atomic mass is 9.98. The van der Waals surface area contributed by atoms with Crippen LogP contribution in [0.2, 0.25) is 0 Å². The van der Waals surface area contributed by atoms with E-state index in [1.54, 1.807) is 14.0 Å². The van der Waals surface area contributed by atoms with Crippen LogP contribution < -0.4 is 5.32 Å². The third-order valence-corrected chi connectivity index (χ3v) is 3.38. The van der Waals surface area contributed by atoms with Crippen molar-refractivity contribution >= 4 is 5.91 Å². The summed E-state index contributed by atoms with van der Waals surface area (Å²) >= 11 is 0. The molecule has 0 aliphatic carbocycles. The van der Waals surface area contributed by atoms with E-state index in [2.05, 4.69) is 5.32 Å². The number of rotatable bonds is 6. The van der Waals surface area contributed by atoms with Crippen LogP contribution in [0.25, 0.3) is 0 Å². The van der Waals surface area contributed by atoms with Crippen molar-refractivity contribution in [1.82, 2.24) is 5.32 Å². The summed E-state index contributed by atoms with van der Waals surface area (Å²) in [5, 5.41) is 12.9. The molecule has 0 aliphatic rings. The van der Waals surface area contributed by atoms with Gasteiger partial charge in [-0.3, -0.25) is 4.79 Å².